The van der Waals surface area contributed by atoms with Crippen LogP contribution in [0.2, 0.25) is 0 Å². The van der Waals surface area contributed by atoms with E-state index in [2.05, 4.69) is 85.1 Å². The highest BCUT2D eigenvalue weighted by atomic mass is 16.1. The van der Waals surface area contributed by atoms with Crippen LogP contribution in [-0.4, -0.2) is 10.5 Å². The first-order valence-corrected chi connectivity index (χ1v) is 10.5. The SMILES string of the molecule is Cc1ccc(Cn2c3cc(-c4ccccc4)ccc3c3c(C(N)=O)cccc32)cc1C. The van der Waals surface area contributed by atoms with Crippen LogP contribution in [0.15, 0.2) is 84.9 Å². The minimum absolute atomic E-state index is 0.400. The molecule has 4 aromatic carbocycles. The van der Waals surface area contributed by atoms with Gasteiger partial charge in [0.2, 0.25) is 5.91 Å². The first-order valence-electron chi connectivity index (χ1n) is 10.5. The van der Waals surface area contributed by atoms with Gasteiger partial charge in [-0.3, -0.25) is 4.79 Å². The van der Waals surface area contributed by atoms with Gasteiger partial charge in [0.15, 0.2) is 0 Å². The van der Waals surface area contributed by atoms with E-state index in [1.807, 2.05) is 18.2 Å². The zero-order valence-electron chi connectivity index (χ0n) is 17.7. The quantitative estimate of drug-likeness (QED) is 0.379. The van der Waals surface area contributed by atoms with Crippen LogP contribution < -0.4 is 5.73 Å². The third-order valence-corrected chi connectivity index (χ3v) is 6.18. The van der Waals surface area contributed by atoms with Crippen LogP contribution in [0.4, 0.5) is 0 Å². The Balaban J connectivity index is 1.80. The lowest BCUT2D eigenvalue weighted by Gasteiger charge is -2.11. The molecule has 0 aliphatic heterocycles. The molecule has 0 radical (unpaired) electrons. The number of aromatic nitrogens is 1. The Morgan fingerprint density at radius 2 is 1.58 bits per heavy atom. The topological polar surface area (TPSA) is 48.0 Å². The van der Waals surface area contributed by atoms with Gasteiger partial charge in [-0.2, -0.15) is 0 Å². The second-order valence-electron chi connectivity index (χ2n) is 8.17. The number of aryl methyl sites for hydroxylation is 2. The summed E-state index contributed by atoms with van der Waals surface area (Å²) < 4.78 is 2.30. The average molecular weight is 405 g/mol. The molecule has 0 bridgehead atoms. The smallest absolute Gasteiger partial charge is 0.249 e. The summed E-state index contributed by atoms with van der Waals surface area (Å²) in [6.45, 7) is 5.00. The van der Waals surface area contributed by atoms with Crippen molar-refractivity contribution in [2.75, 3.05) is 0 Å². The Bertz CT molecular complexity index is 1440. The molecule has 1 heterocycles. The van der Waals surface area contributed by atoms with Crippen molar-refractivity contribution in [2.24, 2.45) is 5.73 Å². The first kappa shape index (κ1) is 19.1. The number of carbonyl (C=O) groups is 1. The molecular weight excluding hydrogens is 380 g/mol. The molecule has 0 aliphatic rings. The Kier molecular flexibility index (Phi) is 4.59. The lowest BCUT2D eigenvalue weighted by atomic mass is 10.0. The molecule has 0 atom stereocenters. The third kappa shape index (κ3) is 3.28. The maximum absolute atomic E-state index is 12.2. The summed E-state index contributed by atoms with van der Waals surface area (Å²) in [5, 5.41) is 1.97. The van der Waals surface area contributed by atoms with E-state index < -0.39 is 5.91 Å². The van der Waals surface area contributed by atoms with Crippen LogP contribution in [0.5, 0.6) is 0 Å². The summed E-state index contributed by atoms with van der Waals surface area (Å²) in [4.78, 5) is 12.2. The third-order valence-electron chi connectivity index (χ3n) is 6.18. The Labute approximate surface area is 181 Å². The van der Waals surface area contributed by atoms with Gasteiger partial charge in [-0.05, 0) is 59.9 Å². The molecule has 5 aromatic rings. The van der Waals surface area contributed by atoms with E-state index in [1.54, 1.807) is 0 Å². The fraction of sp³-hybridized carbons (Fsp3) is 0.107. The van der Waals surface area contributed by atoms with Crippen LogP contribution in [0.1, 0.15) is 27.0 Å². The van der Waals surface area contributed by atoms with Crippen molar-refractivity contribution in [2.45, 2.75) is 20.4 Å². The second-order valence-corrected chi connectivity index (χ2v) is 8.17. The molecule has 3 nitrogen and oxygen atoms in total. The van der Waals surface area contributed by atoms with E-state index >= 15 is 0 Å². The first-order chi connectivity index (χ1) is 15.0. The van der Waals surface area contributed by atoms with E-state index in [9.17, 15) is 4.79 Å². The van der Waals surface area contributed by atoms with Crippen molar-refractivity contribution in [3.8, 4) is 11.1 Å². The summed E-state index contributed by atoms with van der Waals surface area (Å²) >= 11 is 0. The molecule has 152 valence electrons. The van der Waals surface area contributed by atoms with Crippen molar-refractivity contribution >= 4 is 27.7 Å². The number of hydrogen-bond acceptors (Lipinski definition) is 1. The Morgan fingerprint density at radius 3 is 2.32 bits per heavy atom. The van der Waals surface area contributed by atoms with Crippen molar-refractivity contribution in [1.29, 1.82) is 0 Å². The van der Waals surface area contributed by atoms with Crippen LogP contribution in [0.3, 0.4) is 0 Å². The summed E-state index contributed by atoms with van der Waals surface area (Å²) in [7, 11) is 0. The molecule has 0 unspecified atom stereocenters. The summed E-state index contributed by atoms with van der Waals surface area (Å²) in [5.41, 5.74) is 14.5. The highest BCUT2D eigenvalue weighted by molar-refractivity contribution is 6.18. The van der Waals surface area contributed by atoms with Crippen molar-refractivity contribution in [3.05, 3.63) is 107 Å². The largest absolute Gasteiger partial charge is 0.366 e. The fourth-order valence-corrected chi connectivity index (χ4v) is 4.41. The van der Waals surface area contributed by atoms with Gasteiger partial charge in [0.1, 0.15) is 0 Å². The number of nitrogens with two attached hydrogens (primary N) is 1. The van der Waals surface area contributed by atoms with Gasteiger partial charge in [0.25, 0.3) is 0 Å². The van der Waals surface area contributed by atoms with Gasteiger partial charge in [0, 0.05) is 22.9 Å². The zero-order chi connectivity index (χ0) is 21.5. The van der Waals surface area contributed by atoms with Crippen molar-refractivity contribution in [3.63, 3.8) is 0 Å². The normalized spacial score (nSPS) is 11.3. The molecule has 3 heteroatoms. The average Bonchev–Trinajstić information content (AvgIpc) is 3.10. The molecule has 1 aromatic heterocycles. The van der Waals surface area contributed by atoms with E-state index in [1.165, 1.54) is 22.3 Å². The number of nitrogens with zero attached hydrogens (tertiary/aromatic N) is 1. The number of fused-ring (bicyclic) bond motifs is 3. The number of rotatable bonds is 4. The van der Waals surface area contributed by atoms with E-state index in [0.29, 0.717) is 5.56 Å². The van der Waals surface area contributed by atoms with Crippen molar-refractivity contribution in [1.82, 2.24) is 4.57 Å². The number of carbonyl (C=O) groups excluding carboxylic acids is 1. The standard InChI is InChI=1S/C28H24N2O/c1-18-11-12-20(15-19(18)2)17-30-25-10-6-9-24(28(29)31)27(25)23-14-13-22(16-26(23)30)21-7-4-3-5-8-21/h3-16H,17H2,1-2H3,(H2,29,31). The lowest BCUT2D eigenvalue weighted by molar-refractivity contribution is 0.100. The fourth-order valence-electron chi connectivity index (χ4n) is 4.41. The predicted octanol–water partition coefficient (Wildman–Crippen LogP) is 6.23. The highest BCUT2D eigenvalue weighted by Crippen LogP contribution is 2.35. The van der Waals surface area contributed by atoms with E-state index in [4.69, 9.17) is 5.73 Å². The van der Waals surface area contributed by atoms with Gasteiger partial charge in [-0.1, -0.05) is 66.7 Å². The molecule has 31 heavy (non-hydrogen) atoms. The molecule has 0 fully saturated rings. The Hall–Kier alpha value is -3.85. The lowest BCUT2D eigenvalue weighted by Crippen LogP contribution is -2.11. The van der Waals surface area contributed by atoms with Gasteiger partial charge in [-0.25, -0.2) is 0 Å². The molecule has 5 rings (SSSR count). The van der Waals surface area contributed by atoms with Crippen LogP contribution >= 0.6 is 0 Å². The van der Waals surface area contributed by atoms with E-state index in [-0.39, 0.29) is 0 Å². The van der Waals surface area contributed by atoms with Gasteiger partial charge in [0.05, 0.1) is 11.0 Å². The zero-order valence-corrected chi connectivity index (χ0v) is 17.7. The molecule has 0 aliphatic carbocycles. The van der Waals surface area contributed by atoms with E-state index in [0.717, 1.165) is 33.9 Å². The number of primary amides is 1. The molecular formula is C28H24N2O. The molecule has 1 amide bonds. The van der Waals surface area contributed by atoms with Crippen LogP contribution in [0.25, 0.3) is 32.9 Å². The second kappa shape index (κ2) is 7.44. The van der Waals surface area contributed by atoms with Crippen LogP contribution in [0, 0.1) is 13.8 Å². The summed E-state index contributed by atoms with van der Waals surface area (Å²) in [5.74, 6) is -0.400. The van der Waals surface area contributed by atoms with Crippen LogP contribution in [-0.2, 0) is 6.54 Å². The highest BCUT2D eigenvalue weighted by Gasteiger charge is 2.17. The van der Waals surface area contributed by atoms with Gasteiger partial charge < -0.3 is 10.3 Å². The molecule has 0 saturated carbocycles. The van der Waals surface area contributed by atoms with Crippen molar-refractivity contribution < 1.29 is 4.79 Å². The summed E-state index contributed by atoms with van der Waals surface area (Å²) in [6, 6.07) is 29.2. The number of hydrogen-bond donors (Lipinski definition) is 1. The molecule has 2 N–H and O–H groups in total. The Morgan fingerprint density at radius 1 is 0.774 bits per heavy atom. The summed E-state index contributed by atoms with van der Waals surface area (Å²) in [6.07, 6.45) is 0. The van der Waals surface area contributed by atoms with Gasteiger partial charge >= 0.3 is 0 Å². The molecule has 0 saturated heterocycles. The maximum Gasteiger partial charge on any atom is 0.249 e. The minimum atomic E-state index is -0.400. The number of benzene rings is 4. The maximum atomic E-state index is 12.2. The monoisotopic (exact) mass is 404 g/mol. The van der Waals surface area contributed by atoms with Gasteiger partial charge in [-0.15, -0.1) is 0 Å². The minimum Gasteiger partial charge on any atom is -0.366 e. The number of amides is 1. The molecule has 0 spiro atoms. The predicted molar refractivity (Wildman–Crippen MR) is 128 cm³/mol.